The summed E-state index contributed by atoms with van der Waals surface area (Å²) in [4.78, 5) is 71.1. The molecule has 1 aromatic heterocycles. The maximum Gasteiger partial charge on any atom is 0.260 e. The summed E-state index contributed by atoms with van der Waals surface area (Å²) in [6.45, 7) is 2.02. The lowest BCUT2D eigenvalue weighted by atomic mass is 9.76. The van der Waals surface area contributed by atoms with E-state index in [1.54, 1.807) is 42.5 Å². The monoisotopic (exact) mass is 614 g/mol. The van der Waals surface area contributed by atoms with Crippen LogP contribution in [0.5, 0.6) is 17.2 Å². The van der Waals surface area contributed by atoms with Crippen LogP contribution in [0.3, 0.4) is 0 Å². The summed E-state index contributed by atoms with van der Waals surface area (Å²) in [6.07, 6.45) is 8.03. The second-order valence-corrected chi connectivity index (χ2v) is 11.5. The van der Waals surface area contributed by atoms with E-state index in [2.05, 4.69) is 10.3 Å². The molecule has 228 valence electrons. The zero-order valence-electron chi connectivity index (χ0n) is 24.4. The molecule has 5 N–H and O–H groups in total. The number of hydrogen-bond acceptors (Lipinski definition) is 9. The van der Waals surface area contributed by atoms with Gasteiger partial charge in [-0.15, -0.1) is 0 Å². The van der Waals surface area contributed by atoms with Crippen LogP contribution in [0.4, 0.5) is 0 Å². The maximum absolute atomic E-state index is 14.3. The third-order valence-electron chi connectivity index (χ3n) is 8.98. The zero-order chi connectivity index (χ0) is 32.5. The molecule has 0 radical (unpaired) electrons. The van der Waals surface area contributed by atoms with Gasteiger partial charge in [0.25, 0.3) is 5.56 Å². The van der Waals surface area contributed by atoms with E-state index >= 15 is 0 Å². The van der Waals surface area contributed by atoms with Gasteiger partial charge in [-0.25, -0.2) is 0 Å². The topological polar surface area (TPSA) is 174 Å². The Bertz CT molecular complexity index is 2240. The first-order valence-electron chi connectivity index (χ1n) is 14.6. The van der Waals surface area contributed by atoms with Gasteiger partial charge in [0.15, 0.2) is 17.3 Å². The minimum Gasteiger partial charge on any atom is -0.507 e. The number of phenolic OH excluding ortho intramolecular Hbond substituents is 3. The van der Waals surface area contributed by atoms with E-state index in [0.29, 0.717) is 16.6 Å². The van der Waals surface area contributed by atoms with Crippen molar-refractivity contribution >= 4 is 40.0 Å². The van der Waals surface area contributed by atoms with Crippen molar-refractivity contribution in [2.75, 3.05) is 0 Å². The molecule has 7 rings (SSSR count). The molecule has 10 heteroatoms. The number of Topliss-reactive ketones (excluding diaryl/α,β-unsaturated/α-hetero) is 3. The SMILES string of the molecule is C/C=C/C=C/c1cc2cc3c(c(O)c2c(=O)[nH]1)[C@@]1(CC3)C(=O)c2c(O)c3c(c(O)c2C1=O)C(=O)C(NCc1ccccc1)=CC3=O. The number of fused-ring (bicyclic) bond motifs is 5. The molecule has 3 aliphatic rings. The number of nitrogens with one attached hydrogen (secondary N) is 2. The van der Waals surface area contributed by atoms with E-state index in [9.17, 15) is 39.3 Å². The largest absolute Gasteiger partial charge is 0.507 e. The van der Waals surface area contributed by atoms with Crippen molar-refractivity contribution in [3.63, 3.8) is 0 Å². The molecule has 46 heavy (non-hydrogen) atoms. The standard InChI is InChI=1S/C36H26N2O8/c1-2-3-5-10-20-14-19-13-18-11-12-36(28(18)32(43)23(19)35(46)38-20)33(44)26-27(34(36)45)31(42)25-24(30(26)41)22(39)15-21(29(25)40)37-16-17-8-6-4-7-9-17/h2-10,13-15,37,41-43H,11-12,16H2,1H3,(H,38,46)/b3-2+,10-5+/t36-/m0/s1. The third kappa shape index (κ3) is 3.86. The molecule has 0 saturated heterocycles. The van der Waals surface area contributed by atoms with Crippen LogP contribution < -0.4 is 10.9 Å². The molecule has 0 amide bonds. The van der Waals surface area contributed by atoms with E-state index < -0.39 is 73.6 Å². The Balaban J connectivity index is 1.35. The van der Waals surface area contributed by atoms with Crippen molar-refractivity contribution in [3.8, 4) is 17.2 Å². The summed E-state index contributed by atoms with van der Waals surface area (Å²) in [5.41, 5.74) is -3.61. The summed E-state index contributed by atoms with van der Waals surface area (Å²) in [6, 6.07) is 12.3. The summed E-state index contributed by atoms with van der Waals surface area (Å²) >= 11 is 0. The second-order valence-electron chi connectivity index (χ2n) is 11.5. The molecule has 0 saturated carbocycles. The Morgan fingerprint density at radius 3 is 2.26 bits per heavy atom. The molecule has 1 spiro atoms. The number of aryl methyl sites for hydroxylation is 1. The number of rotatable bonds is 5. The lowest BCUT2D eigenvalue weighted by Crippen LogP contribution is -2.36. The molecule has 0 bridgehead atoms. The molecule has 0 fully saturated rings. The van der Waals surface area contributed by atoms with Crippen LogP contribution in [0.15, 0.2) is 77.3 Å². The Kier molecular flexibility index (Phi) is 6.41. The van der Waals surface area contributed by atoms with Crippen molar-refractivity contribution < 1.29 is 34.5 Å². The van der Waals surface area contributed by atoms with Gasteiger partial charge in [-0.3, -0.25) is 24.0 Å². The molecule has 10 nitrogen and oxygen atoms in total. The number of aromatic nitrogens is 1. The van der Waals surface area contributed by atoms with Crippen molar-refractivity contribution in [3.05, 3.63) is 127 Å². The van der Waals surface area contributed by atoms with Crippen molar-refractivity contribution in [1.82, 2.24) is 10.3 Å². The van der Waals surface area contributed by atoms with Gasteiger partial charge in [0.2, 0.25) is 5.78 Å². The number of H-pyrrole nitrogens is 1. The highest BCUT2D eigenvalue weighted by Gasteiger charge is 2.61. The number of carbonyl (C=O) groups excluding carboxylic acids is 4. The highest BCUT2D eigenvalue weighted by molar-refractivity contribution is 6.39. The van der Waals surface area contributed by atoms with Gasteiger partial charge < -0.3 is 25.6 Å². The van der Waals surface area contributed by atoms with E-state index in [0.717, 1.165) is 11.6 Å². The number of pyridine rings is 1. The first-order chi connectivity index (χ1) is 22.1. The lowest BCUT2D eigenvalue weighted by molar-refractivity contribution is 0.0790. The predicted molar refractivity (Wildman–Crippen MR) is 169 cm³/mol. The highest BCUT2D eigenvalue weighted by Crippen LogP contribution is 2.57. The minimum absolute atomic E-state index is 0.0910. The summed E-state index contributed by atoms with van der Waals surface area (Å²) in [5.74, 6) is -5.90. The van der Waals surface area contributed by atoms with E-state index in [1.807, 2.05) is 31.2 Å². The quantitative estimate of drug-likeness (QED) is 0.123. The smallest absolute Gasteiger partial charge is 0.260 e. The van der Waals surface area contributed by atoms with Crippen LogP contribution >= 0.6 is 0 Å². The number of aromatic hydroxyl groups is 3. The Morgan fingerprint density at radius 2 is 1.57 bits per heavy atom. The molecule has 1 heterocycles. The van der Waals surface area contributed by atoms with Crippen LogP contribution in [-0.2, 0) is 18.4 Å². The fourth-order valence-corrected chi connectivity index (χ4v) is 6.91. The second kappa shape index (κ2) is 10.3. The molecular weight excluding hydrogens is 588 g/mol. The normalized spacial score (nSPS) is 18.6. The molecule has 3 aromatic carbocycles. The van der Waals surface area contributed by atoms with Crippen LogP contribution in [0, 0.1) is 0 Å². The maximum atomic E-state index is 14.3. The number of phenols is 3. The fourth-order valence-electron chi connectivity index (χ4n) is 6.91. The third-order valence-corrected chi connectivity index (χ3v) is 8.98. The van der Waals surface area contributed by atoms with E-state index in [1.165, 1.54) is 0 Å². The molecule has 3 aliphatic carbocycles. The van der Waals surface area contributed by atoms with Gasteiger partial charge in [0.05, 0.1) is 33.3 Å². The van der Waals surface area contributed by atoms with Crippen molar-refractivity contribution in [2.45, 2.75) is 31.7 Å². The van der Waals surface area contributed by atoms with Crippen molar-refractivity contribution in [2.24, 2.45) is 0 Å². The number of allylic oxidation sites excluding steroid dienone is 5. The number of hydrogen-bond donors (Lipinski definition) is 5. The minimum atomic E-state index is -2.08. The summed E-state index contributed by atoms with van der Waals surface area (Å²) < 4.78 is 0. The summed E-state index contributed by atoms with van der Waals surface area (Å²) in [5, 5.41) is 37.4. The average molecular weight is 615 g/mol. The van der Waals surface area contributed by atoms with Crippen LogP contribution in [-0.4, -0.2) is 43.4 Å². The molecule has 0 aliphatic heterocycles. The molecule has 4 aromatic rings. The lowest BCUT2D eigenvalue weighted by Gasteiger charge is -2.22. The Hall–Kier alpha value is -6.03. The van der Waals surface area contributed by atoms with Gasteiger partial charge in [0.1, 0.15) is 22.7 Å². The molecular formula is C36H26N2O8. The zero-order valence-corrected chi connectivity index (χ0v) is 24.4. The fraction of sp³-hybridized carbons (Fsp3) is 0.139. The van der Waals surface area contributed by atoms with Gasteiger partial charge in [-0.1, -0.05) is 54.6 Å². The van der Waals surface area contributed by atoms with E-state index in [-0.39, 0.29) is 36.0 Å². The number of ketones is 4. The number of carbonyl (C=O) groups is 4. The van der Waals surface area contributed by atoms with Crippen LogP contribution in [0.2, 0.25) is 0 Å². The number of benzene rings is 3. The first-order valence-corrected chi connectivity index (χ1v) is 14.6. The van der Waals surface area contributed by atoms with Crippen LogP contribution in [0.1, 0.15) is 77.2 Å². The Labute approximate surface area is 261 Å². The van der Waals surface area contributed by atoms with Gasteiger partial charge in [-0.05, 0) is 48.4 Å². The van der Waals surface area contributed by atoms with Crippen LogP contribution in [0.25, 0.3) is 16.8 Å². The number of aromatic amines is 1. The van der Waals surface area contributed by atoms with Gasteiger partial charge in [0, 0.05) is 23.9 Å². The Morgan fingerprint density at radius 1 is 0.870 bits per heavy atom. The van der Waals surface area contributed by atoms with Gasteiger partial charge in [-0.2, -0.15) is 0 Å². The summed E-state index contributed by atoms with van der Waals surface area (Å²) in [7, 11) is 0. The molecule has 1 atom stereocenters. The highest BCUT2D eigenvalue weighted by atomic mass is 16.3. The average Bonchev–Trinajstić information content (AvgIpc) is 3.53. The molecule has 0 unspecified atom stereocenters. The first kappa shape index (κ1) is 28.7. The predicted octanol–water partition coefficient (Wildman–Crippen LogP) is 4.55. The van der Waals surface area contributed by atoms with E-state index in [4.69, 9.17) is 0 Å². The van der Waals surface area contributed by atoms with Crippen molar-refractivity contribution in [1.29, 1.82) is 0 Å². The van der Waals surface area contributed by atoms with Gasteiger partial charge >= 0.3 is 0 Å².